The second kappa shape index (κ2) is 10.1. The Morgan fingerprint density at radius 3 is 2.60 bits per heavy atom. The molecule has 1 aliphatic heterocycles. The van der Waals surface area contributed by atoms with Crippen molar-refractivity contribution < 1.29 is 4.79 Å². The fourth-order valence-corrected chi connectivity index (χ4v) is 4.63. The molecule has 1 saturated heterocycles. The predicted octanol–water partition coefficient (Wildman–Crippen LogP) is 4.26. The van der Waals surface area contributed by atoms with Crippen LogP contribution in [-0.4, -0.2) is 33.5 Å². The molecule has 1 atom stereocenters. The summed E-state index contributed by atoms with van der Waals surface area (Å²) in [6.45, 7) is 3.66. The normalized spacial score (nSPS) is 15.8. The van der Waals surface area contributed by atoms with Crippen molar-refractivity contribution in [3.05, 3.63) is 94.4 Å². The number of piperidine rings is 1. The number of hydrogen-bond acceptors (Lipinski definition) is 5. The van der Waals surface area contributed by atoms with Gasteiger partial charge in [-0.2, -0.15) is 0 Å². The Kier molecular flexibility index (Phi) is 6.57. The summed E-state index contributed by atoms with van der Waals surface area (Å²) in [5.74, 6) is 0.139. The van der Waals surface area contributed by atoms with Crippen LogP contribution in [0.3, 0.4) is 0 Å². The Labute approximate surface area is 204 Å². The SMILES string of the molecule is CCc1ccc(NC(=O)[C@H]2CCCN(c3nc4cccnc4n(Cc4ccccc4)c3=O)C2)cc1. The number of rotatable bonds is 6. The molecule has 0 unspecified atom stereocenters. The summed E-state index contributed by atoms with van der Waals surface area (Å²) in [7, 11) is 0. The van der Waals surface area contributed by atoms with Crippen LogP contribution in [-0.2, 0) is 17.8 Å². The Hall–Kier alpha value is -4.00. The minimum absolute atomic E-state index is 0.0222. The summed E-state index contributed by atoms with van der Waals surface area (Å²) in [4.78, 5) is 37.8. The quantitative estimate of drug-likeness (QED) is 0.458. The lowest BCUT2D eigenvalue weighted by Gasteiger charge is -2.32. The minimum atomic E-state index is -0.219. The van der Waals surface area contributed by atoms with Gasteiger partial charge in [-0.3, -0.25) is 14.2 Å². The number of nitrogens with zero attached hydrogens (tertiary/aromatic N) is 4. The maximum atomic E-state index is 13.6. The highest BCUT2D eigenvalue weighted by atomic mass is 16.2. The second-order valence-corrected chi connectivity index (χ2v) is 8.98. The van der Waals surface area contributed by atoms with Crippen molar-refractivity contribution in [2.45, 2.75) is 32.7 Å². The molecule has 4 aromatic rings. The van der Waals surface area contributed by atoms with Crippen molar-refractivity contribution in [3.8, 4) is 0 Å². The molecule has 2 aromatic heterocycles. The van der Waals surface area contributed by atoms with Crippen molar-refractivity contribution in [2.24, 2.45) is 5.92 Å². The van der Waals surface area contributed by atoms with Crippen LogP contribution in [0.1, 0.15) is 30.9 Å². The highest BCUT2D eigenvalue weighted by Crippen LogP contribution is 2.23. The number of aromatic nitrogens is 3. The molecule has 0 aliphatic carbocycles. The van der Waals surface area contributed by atoms with E-state index in [9.17, 15) is 9.59 Å². The fourth-order valence-electron chi connectivity index (χ4n) is 4.63. The predicted molar refractivity (Wildman–Crippen MR) is 139 cm³/mol. The summed E-state index contributed by atoms with van der Waals surface area (Å²) in [6, 6.07) is 21.5. The third kappa shape index (κ3) is 4.94. The first-order valence-corrected chi connectivity index (χ1v) is 12.2. The zero-order valence-corrected chi connectivity index (χ0v) is 19.9. The number of carbonyl (C=O) groups excluding carboxylic acids is 1. The number of pyridine rings is 1. The molecule has 1 N–H and O–H groups in total. The molecule has 7 nitrogen and oxygen atoms in total. The summed E-state index contributed by atoms with van der Waals surface area (Å²) in [5.41, 5.74) is 4.09. The first kappa shape index (κ1) is 22.8. The van der Waals surface area contributed by atoms with E-state index in [1.165, 1.54) is 5.56 Å². The van der Waals surface area contributed by atoms with Gasteiger partial charge >= 0.3 is 0 Å². The van der Waals surface area contributed by atoms with Gasteiger partial charge in [0.05, 0.1) is 12.5 Å². The number of anilines is 2. The smallest absolute Gasteiger partial charge is 0.295 e. The van der Waals surface area contributed by atoms with Crippen LogP contribution >= 0.6 is 0 Å². The maximum absolute atomic E-state index is 13.6. The van der Waals surface area contributed by atoms with Crippen LogP contribution in [0.15, 0.2) is 77.7 Å². The number of benzene rings is 2. The van der Waals surface area contributed by atoms with Gasteiger partial charge in [0.1, 0.15) is 5.52 Å². The lowest BCUT2D eigenvalue weighted by atomic mass is 9.97. The number of aryl methyl sites for hydroxylation is 1. The van der Waals surface area contributed by atoms with E-state index in [1.807, 2.05) is 71.6 Å². The van der Waals surface area contributed by atoms with Crippen molar-refractivity contribution in [1.82, 2.24) is 14.5 Å². The van der Waals surface area contributed by atoms with E-state index >= 15 is 0 Å². The number of nitrogens with one attached hydrogen (secondary N) is 1. The molecular formula is C28H29N5O2. The molecule has 35 heavy (non-hydrogen) atoms. The monoisotopic (exact) mass is 467 g/mol. The van der Waals surface area contributed by atoms with E-state index in [-0.39, 0.29) is 17.4 Å². The standard InChI is InChI=1S/C28H29N5O2/c1-2-20-12-14-23(15-13-20)30-27(34)22-10-7-17-32(19-22)26-28(35)33(18-21-8-4-3-5-9-21)25-24(31-26)11-6-16-29-25/h3-6,8-9,11-16,22H,2,7,10,17-19H2,1H3,(H,30,34)/t22-/m0/s1. The van der Waals surface area contributed by atoms with E-state index in [4.69, 9.17) is 4.98 Å². The zero-order valence-electron chi connectivity index (χ0n) is 19.9. The number of carbonyl (C=O) groups is 1. The average molecular weight is 468 g/mol. The van der Waals surface area contributed by atoms with Crippen LogP contribution in [0, 0.1) is 5.92 Å². The molecule has 0 saturated carbocycles. The van der Waals surface area contributed by atoms with Gasteiger partial charge in [-0.05, 0) is 54.7 Å². The van der Waals surface area contributed by atoms with Gasteiger partial charge in [0.2, 0.25) is 5.91 Å². The van der Waals surface area contributed by atoms with Gasteiger partial charge in [0, 0.05) is 25.0 Å². The average Bonchev–Trinajstić information content (AvgIpc) is 2.91. The summed E-state index contributed by atoms with van der Waals surface area (Å²) in [5, 5.41) is 3.04. The van der Waals surface area contributed by atoms with Gasteiger partial charge in [-0.1, -0.05) is 49.4 Å². The summed E-state index contributed by atoms with van der Waals surface area (Å²) in [6.07, 6.45) is 4.24. The Morgan fingerprint density at radius 2 is 1.83 bits per heavy atom. The zero-order chi connectivity index (χ0) is 24.2. The van der Waals surface area contributed by atoms with Gasteiger partial charge < -0.3 is 10.2 Å². The van der Waals surface area contributed by atoms with Crippen LogP contribution in [0.2, 0.25) is 0 Å². The molecule has 1 amide bonds. The molecule has 1 aliphatic rings. The first-order chi connectivity index (χ1) is 17.1. The second-order valence-electron chi connectivity index (χ2n) is 8.98. The molecule has 0 radical (unpaired) electrons. The van der Waals surface area contributed by atoms with Crippen molar-refractivity contribution in [3.63, 3.8) is 0 Å². The van der Waals surface area contributed by atoms with Crippen molar-refractivity contribution >= 4 is 28.6 Å². The van der Waals surface area contributed by atoms with E-state index in [0.717, 1.165) is 30.5 Å². The Bertz CT molecular complexity index is 1380. The van der Waals surface area contributed by atoms with Crippen molar-refractivity contribution in [1.29, 1.82) is 0 Å². The Morgan fingerprint density at radius 1 is 1.03 bits per heavy atom. The van der Waals surface area contributed by atoms with E-state index in [0.29, 0.717) is 36.6 Å². The molecule has 178 valence electrons. The molecule has 0 bridgehead atoms. The molecule has 2 aromatic carbocycles. The lowest BCUT2D eigenvalue weighted by molar-refractivity contribution is -0.120. The van der Waals surface area contributed by atoms with Gasteiger partial charge in [-0.25, -0.2) is 9.97 Å². The largest absolute Gasteiger partial charge is 0.351 e. The highest BCUT2D eigenvalue weighted by molar-refractivity contribution is 5.93. The number of hydrogen-bond donors (Lipinski definition) is 1. The highest BCUT2D eigenvalue weighted by Gasteiger charge is 2.29. The summed E-state index contributed by atoms with van der Waals surface area (Å²) < 4.78 is 1.69. The third-order valence-electron chi connectivity index (χ3n) is 6.59. The molecule has 0 spiro atoms. The summed E-state index contributed by atoms with van der Waals surface area (Å²) >= 11 is 0. The third-order valence-corrected chi connectivity index (χ3v) is 6.59. The van der Waals surface area contributed by atoms with Crippen molar-refractivity contribution in [2.75, 3.05) is 23.3 Å². The fraction of sp³-hybridized carbons (Fsp3) is 0.286. The van der Waals surface area contributed by atoms with Gasteiger partial charge in [0.15, 0.2) is 11.5 Å². The van der Waals surface area contributed by atoms with E-state index in [1.54, 1.807) is 10.8 Å². The topological polar surface area (TPSA) is 80.1 Å². The van der Waals surface area contributed by atoms with Crippen LogP contribution in [0.25, 0.3) is 11.2 Å². The molecular weight excluding hydrogens is 438 g/mol. The van der Waals surface area contributed by atoms with Crippen LogP contribution < -0.4 is 15.8 Å². The number of amides is 1. The molecule has 7 heteroatoms. The Balaban J connectivity index is 1.41. The van der Waals surface area contributed by atoms with Crippen LogP contribution in [0.5, 0.6) is 0 Å². The molecule has 5 rings (SSSR count). The maximum Gasteiger partial charge on any atom is 0.295 e. The van der Waals surface area contributed by atoms with E-state index < -0.39 is 0 Å². The number of fused-ring (bicyclic) bond motifs is 1. The molecule has 3 heterocycles. The van der Waals surface area contributed by atoms with E-state index in [2.05, 4.69) is 17.2 Å². The van der Waals surface area contributed by atoms with Gasteiger partial charge in [0.25, 0.3) is 5.56 Å². The first-order valence-electron chi connectivity index (χ1n) is 12.2. The molecule has 1 fully saturated rings. The minimum Gasteiger partial charge on any atom is -0.351 e. The van der Waals surface area contributed by atoms with Crippen LogP contribution in [0.4, 0.5) is 11.5 Å². The lowest BCUT2D eigenvalue weighted by Crippen LogP contribution is -2.44. The van der Waals surface area contributed by atoms with Gasteiger partial charge in [-0.15, -0.1) is 0 Å².